The molecular weight excluding hydrogens is 212 g/mol. The lowest BCUT2D eigenvalue weighted by Crippen LogP contribution is -2.13. The van der Waals surface area contributed by atoms with Crippen molar-refractivity contribution >= 4 is 10.1 Å². The minimum absolute atomic E-state index is 0.00470. The van der Waals surface area contributed by atoms with E-state index in [1.807, 2.05) is 26.8 Å². The molecule has 3 nitrogen and oxygen atoms in total. The maximum absolute atomic E-state index is 11.1. The van der Waals surface area contributed by atoms with Gasteiger partial charge >= 0.3 is 0 Å². The molecule has 0 heterocycles. The fourth-order valence-electron chi connectivity index (χ4n) is 1.34. The topological polar surface area (TPSA) is 54.4 Å². The molecule has 0 fully saturated rings. The summed E-state index contributed by atoms with van der Waals surface area (Å²) in [5.74, 6) is 0. The van der Waals surface area contributed by atoms with Gasteiger partial charge in [0.25, 0.3) is 10.1 Å². The summed E-state index contributed by atoms with van der Waals surface area (Å²) in [5, 5.41) is 0. The smallest absolute Gasteiger partial charge is 0.282 e. The lowest BCUT2D eigenvalue weighted by Gasteiger charge is -2.20. The molecule has 1 rings (SSSR count). The Bertz CT molecular complexity index is 467. The molecule has 15 heavy (non-hydrogen) atoms. The summed E-state index contributed by atoms with van der Waals surface area (Å²) in [5.41, 5.74) is 1.32. The van der Waals surface area contributed by atoms with Crippen LogP contribution >= 0.6 is 0 Å². The second kappa shape index (κ2) is 3.61. The van der Waals surface area contributed by atoms with Crippen molar-refractivity contribution in [3.05, 3.63) is 29.3 Å². The Morgan fingerprint density at radius 1 is 1.20 bits per heavy atom. The third-order valence-electron chi connectivity index (χ3n) is 2.33. The molecule has 1 N–H and O–H groups in total. The first-order valence-corrected chi connectivity index (χ1v) is 6.15. The van der Waals surface area contributed by atoms with Crippen LogP contribution in [0.5, 0.6) is 0 Å². The molecule has 0 atom stereocenters. The van der Waals surface area contributed by atoms with Gasteiger partial charge in [-0.2, -0.15) is 8.42 Å². The van der Waals surface area contributed by atoms with Crippen LogP contribution in [0, 0.1) is 6.92 Å². The molecule has 0 unspecified atom stereocenters. The molecule has 0 amide bonds. The zero-order valence-electron chi connectivity index (χ0n) is 9.40. The molecule has 84 valence electrons. The minimum Gasteiger partial charge on any atom is -0.282 e. The Hall–Kier alpha value is -0.870. The number of rotatable bonds is 1. The highest BCUT2D eigenvalue weighted by Crippen LogP contribution is 2.26. The van der Waals surface area contributed by atoms with Crippen molar-refractivity contribution < 1.29 is 13.0 Å². The van der Waals surface area contributed by atoms with Gasteiger partial charge in [0.15, 0.2) is 0 Å². The standard InChI is InChI=1S/C11H16O3S/c1-8-5-6-9(11(2,3)4)7-10(8)15(12,13)14/h5-7H,1-4H3,(H,12,13,14). The van der Waals surface area contributed by atoms with Crippen molar-refractivity contribution in [1.82, 2.24) is 0 Å². The van der Waals surface area contributed by atoms with Gasteiger partial charge in [0.2, 0.25) is 0 Å². The Morgan fingerprint density at radius 2 is 1.73 bits per heavy atom. The van der Waals surface area contributed by atoms with Crippen molar-refractivity contribution in [1.29, 1.82) is 0 Å². The van der Waals surface area contributed by atoms with E-state index in [0.29, 0.717) is 5.56 Å². The molecule has 1 aromatic carbocycles. The monoisotopic (exact) mass is 228 g/mol. The quantitative estimate of drug-likeness (QED) is 0.751. The van der Waals surface area contributed by atoms with Crippen LogP contribution in [0.1, 0.15) is 31.9 Å². The van der Waals surface area contributed by atoms with Gasteiger partial charge in [-0.3, -0.25) is 4.55 Å². The Kier molecular flexibility index (Phi) is 2.94. The molecule has 0 aliphatic heterocycles. The van der Waals surface area contributed by atoms with E-state index in [1.165, 1.54) is 6.07 Å². The molecule has 0 saturated carbocycles. The van der Waals surface area contributed by atoms with Gasteiger partial charge in [-0.1, -0.05) is 32.9 Å². The Morgan fingerprint density at radius 3 is 2.13 bits per heavy atom. The fourth-order valence-corrected chi connectivity index (χ4v) is 2.10. The number of hydrogen-bond acceptors (Lipinski definition) is 2. The van der Waals surface area contributed by atoms with Gasteiger partial charge < -0.3 is 0 Å². The van der Waals surface area contributed by atoms with Crippen molar-refractivity contribution in [3.63, 3.8) is 0 Å². The van der Waals surface area contributed by atoms with E-state index >= 15 is 0 Å². The van der Waals surface area contributed by atoms with E-state index < -0.39 is 10.1 Å². The van der Waals surface area contributed by atoms with Crippen LogP contribution in [0.25, 0.3) is 0 Å². The van der Waals surface area contributed by atoms with Crippen molar-refractivity contribution in [2.24, 2.45) is 0 Å². The maximum atomic E-state index is 11.1. The summed E-state index contributed by atoms with van der Waals surface area (Å²) in [4.78, 5) is -0.00470. The highest BCUT2D eigenvalue weighted by molar-refractivity contribution is 7.85. The predicted molar refractivity (Wildman–Crippen MR) is 59.7 cm³/mol. The van der Waals surface area contributed by atoms with E-state index in [2.05, 4.69) is 0 Å². The molecule has 0 radical (unpaired) electrons. The third kappa shape index (κ3) is 2.79. The zero-order valence-corrected chi connectivity index (χ0v) is 10.2. The van der Waals surface area contributed by atoms with Gasteiger partial charge in [0.05, 0.1) is 4.90 Å². The predicted octanol–water partition coefficient (Wildman–Crippen LogP) is 2.54. The molecule has 0 saturated heterocycles. The second-order valence-corrected chi connectivity index (χ2v) is 6.10. The van der Waals surface area contributed by atoms with Crippen LogP contribution in [0.15, 0.2) is 23.1 Å². The largest absolute Gasteiger partial charge is 0.294 e. The van der Waals surface area contributed by atoms with Gasteiger partial charge in [-0.05, 0) is 29.5 Å². The van der Waals surface area contributed by atoms with Crippen molar-refractivity contribution in [2.45, 2.75) is 38.0 Å². The van der Waals surface area contributed by atoms with Crippen molar-refractivity contribution in [2.75, 3.05) is 0 Å². The van der Waals surface area contributed by atoms with Gasteiger partial charge in [-0.25, -0.2) is 0 Å². The summed E-state index contributed by atoms with van der Waals surface area (Å²) < 4.78 is 31.2. The van der Waals surface area contributed by atoms with Gasteiger partial charge in [0.1, 0.15) is 0 Å². The van der Waals surface area contributed by atoms with Crippen LogP contribution in [-0.2, 0) is 15.5 Å². The number of benzene rings is 1. The minimum atomic E-state index is -4.12. The molecule has 0 aliphatic carbocycles. The zero-order chi connectivity index (χ0) is 11.9. The average molecular weight is 228 g/mol. The lowest BCUT2D eigenvalue weighted by atomic mass is 9.87. The SMILES string of the molecule is Cc1ccc(C(C)(C)C)cc1S(=O)(=O)O. The lowest BCUT2D eigenvalue weighted by molar-refractivity contribution is 0.482. The summed E-state index contributed by atoms with van der Waals surface area (Å²) in [6, 6.07) is 5.12. The average Bonchev–Trinajstić information content (AvgIpc) is 2.00. The highest BCUT2D eigenvalue weighted by atomic mass is 32.2. The van der Waals surface area contributed by atoms with E-state index in [1.54, 1.807) is 13.0 Å². The normalized spacial score (nSPS) is 12.9. The molecule has 0 aromatic heterocycles. The molecule has 0 spiro atoms. The van der Waals surface area contributed by atoms with E-state index in [9.17, 15) is 8.42 Å². The number of aryl methyl sites for hydroxylation is 1. The first-order valence-electron chi connectivity index (χ1n) is 4.71. The molecule has 1 aromatic rings. The van der Waals surface area contributed by atoms with E-state index in [0.717, 1.165) is 5.56 Å². The second-order valence-electron chi connectivity index (χ2n) is 4.71. The first kappa shape index (κ1) is 12.2. The fraction of sp³-hybridized carbons (Fsp3) is 0.455. The Labute approximate surface area is 90.9 Å². The van der Waals surface area contributed by atoms with Crippen LogP contribution in [0.4, 0.5) is 0 Å². The third-order valence-corrected chi connectivity index (χ3v) is 3.33. The van der Waals surface area contributed by atoms with E-state index in [4.69, 9.17) is 4.55 Å². The van der Waals surface area contributed by atoms with Crippen LogP contribution in [-0.4, -0.2) is 13.0 Å². The summed E-state index contributed by atoms with van der Waals surface area (Å²) in [6.07, 6.45) is 0. The molecular formula is C11H16O3S. The molecule has 4 heteroatoms. The van der Waals surface area contributed by atoms with Crippen LogP contribution < -0.4 is 0 Å². The Balaban J connectivity index is 3.43. The van der Waals surface area contributed by atoms with Crippen LogP contribution in [0.3, 0.4) is 0 Å². The van der Waals surface area contributed by atoms with E-state index in [-0.39, 0.29) is 10.3 Å². The van der Waals surface area contributed by atoms with Crippen LogP contribution in [0.2, 0.25) is 0 Å². The first-order chi connectivity index (χ1) is 6.62. The van der Waals surface area contributed by atoms with Crippen molar-refractivity contribution in [3.8, 4) is 0 Å². The maximum Gasteiger partial charge on any atom is 0.294 e. The number of hydrogen-bond donors (Lipinski definition) is 1. The molecule has 0 bridgehead atoms. The highest BCUT2D eigenvalue weighted by Gasteiger charge is 2.19. The summed E-state index contributed by atoms with van der Waals surface area (Å²) in [7, 11) is -4.12. The van der Waals surface area contributed by atoms with Gasteiger partial charge in [0, 0.05) is 0 Å². The van der Waals surface area contributed by atoms with Gasteiger partial charge in [-0.15, -0.1) is 0 Å². The summed E-state index contributed by atoms with van der Waals surface area (Å²) in [6.45, 7) is 7.64. The molecule has 0 aliphatic rings. The summed E-state index contributed by atoms with van der Waals surface area (Å²) >= 11 is 0.